The van der Waals surface area contributed by atoms with Crippen molar-refractivity contribution in [1.82, 2.24) is 31.9 Å². The van der Waals surface area contributed by atoms with Crippen LogP contribution in [-0.2, 0) is 121 Å². The summed E-state index contributed by atoms with van der Waals surface area (Å²) in [6, 6.07) is 24.2. The zero-order valence-electron chi connectivity index (χ0n) is 87.7. The van der Waals surface area contributed by atoms with Crippen LogP contribution in [0.25, 0.3) is 34.6 Å². The second kappa shape index (κ2) is 75.8. The molecule has 4 aromatic rings. The molecule has 0 spiro atoms. The van der Waals surface area contributed by atoms with Crippen molar-refractivity contribution in [3.63, 3.8) is 0 Å². The van der Waals surface area contributed by atoms with Crippen molar-refractivity contribution < 1.29 is 147 Å². The Kier molecular flexibility index (Phi) is 76.6. The van der Waals surface area contributed by atoms with Gasteiger partial charge in [0, 0.05) is 191 Å². The first-order chi connectivity index (χ1) is 64.3. The van der Waals surface area contributed by atoms with Gasteiger partial charge in [-0.25, -0.2) is 0 Å². The van der Waals surface area contributed by atoms with Crippen LogP contribution in [-0.4, -0.2) is 217 Å². The minimum absolute atomic E-state index is 0. The van der Waals surface area contributed by atoms with Gasteiger partial charge in [-0.3, -0.25) is 38.4 Å². The Balaban J connectivity index is -0.000000774. The SMILES string of the molecule is C1CSCCN1.C1CSCCN1.C1CSCCN1.C1CSCCN1.C1CSCCN1.C1CSCCN1.C1C[SH+]CC[SH+]1.CC(C)(C)C(=O)/C=C(\[O-])c1cccc(/C([O-])=C/C(=O)C(C)(C)C)c1.CC(C)(C)C(=O)/C=C(\[O-])c1cccc(/C([O-])=C/C(=O)C(C)(C)C)c1.CC(C)(C)C(=O)/C=C(\[O-])c1cccc(C(=O)/C=C(\[O-])C(C)(C)C)c1.CC(C)(C)C(=O)/C=C(\[O-])c1cccc(C(=O)/C=C(\[O-])C(C)(C)C)c1.[Cu+2].[Cu+2].[Cu+].[Cu+]. The van der Waals surface area contributed by atoms with Crippen molar-refractivity contribution in [2.24, 2.45) is 43.3 Å². The maximum absolute atomic E-state index is 12.2. The van der Waals surface area contributed by atoms with Gasteiger partial charge in [0.05, 0.1) is 0 Å². The van der Waals surface area contributed by atoms with Crippen molar-refractivity contribution >= 4 is 175 Å². The number of allylic oxidation sites excluding steroid dienone is 10. The van der Waals surface area contributed by atoms with E-state index >= 15 is 0 Å². The molecule has 7 aliphatic heterocycles. The molecule has 6 N–H and O–H groups in total. The maximum Gasteiger partial charge on any atom is 2.00 e. The molecule has 7 heterocycles. The van der Waals surface area contributed by atoms with E-state index in [2.05, 4.69) is 31.9 Å². The van der Waals surface area contributed by atoms with Gasteiger partial charge in [0.2, 0.25) is 0 Å². The third kappa shape index (κ3) is 68.0. The molecule has 11 rings (SSSR count). The van der Waals surface area contributed by atoms with Crippen molar-refractivity contribution in [1.29, 1.82) is 0 Å². The number of nitrogens with one attached hydrogen (secondary N) is 6. The molecule has 810 valence electrons. The number of benzene rings is 4. The normalized spacial score (nSPS) is 16.4. The zero-order valence-corrected chi connectivity index (χ0v) is 98.2. The Morgan fingerprint density at radius 2 is 0.366 bits per heavy atom. The van der Waals surface area contributed by atoms with E-state index in [4.69, 9.17) is 0 Å². The Hall–Kier alpha value is -4.80. The van der Waals surface area contributed by atoms with Gasteiger partial charge in [0.25, 0.3) is 0 Å². The minimum atomic E-state index is -0.643. The Bertz CT molecular complexity index is 4090. The Labute approximate surface area is 927 Å². The fraction of sp³-hybridized carbons (Fsp3) is 0.556. The van der Waals surface area contributed by atoms with Crippen molar-refractivity contribution in [3.05, 3.63) is 202 Å². The first-order valence-corrected chi connectivity index (χ1v) is 56.6. The number of ketones is 8. The summed E-state index contributed by atoms with van der Waals surface area (Å²) in [5.41, 5.74) is -3.18. The van der Waals surface area contributed by atoms with Crippen LogP contribution in [0.3, 0.4) is 0 Å². The molecule has 0 aliphatic carbocycles. The summed E-state index contributed by atoms with van der Waals surface area (Å²) in [7, 11) is 0. The number of carbonyl (C=O) groups excluding carboxylic acids is 8. The molecule has 0 atom stereocenters. The van der Waals surface area contributed by atoms with Gasteiger partial charge in [0.1, 0.15) is 23.0 Å². The Morgan fingerprint density at radius 3 is 0.472 bits per heavy atom. The number of thiol groups is 2. The van der Waals surface area contributed by atoms with Crippen LogP contribution in [0.5, 0.6) is 0 Å². The second-order valence-electron chi connectivity index (χ2n) is 40.8. The predicted molar refractivity (Wildman–Crippen MR) is 582 cm³/mol. The van der Waals surface area contributed by atoms with Crippen molar-refractivity contribution in [2.75, 3.05) is 171 Å². The molecule has 34 heteroatoms. The van der Waals surface area contributed by atoms with E-state index in [0.29, 0.717) is 0 Å². The quantitative estimate of drug-likeness (QED) is 0.0151. The third-order valence-corrected chi connectivity index (χ3v) is 28.4. The molecule has 22 nitrogen and oxygen atoms in total. The number of thioether (sulfide) groups is 6. The summed E-state index contributed by atoms with van der Waals surface area (Å²) in [6.07, 6.45) is 8.39. The standard InChI is InChI=1S/4C20H26O4.6C4H9NS.C4H8S2.4Cu/c4*1-19(2,3)17(23)11-15(21)13-8-7-9-14(10-13)16(22)12-18(24)20(4,5)6;6*1-3-6-4-2-5-1;1-2-6-4-3-5-1;;;;/h2*7-12,21,24H,1-6H3;2*7-12,21-22H,1-6H3;6*5H,1-4H2;1-4H2;;;;/q;;;;;;;;;;;2*+1;2*+2/p-6/b2*15-11-,18-12-;2*15-11-,16-12-;;;;;;;;;;;. The molecule has 0 bridgehead atoms. The first-order valence-electron chi connectivity index (χ1n) is 47.1. The van der Waals surface area contributed by atoms with E-state index in [1.165, 1.54) is 243 Å². The maximum atomic E-state index is 12.2. The van der Waals surface area contributed by atoms with Crippen LogP contribution in [0.2, 0.25) is 0 Å². The van der Waals surface area contributed by atoms with Crippen LogP contribution in [0, 0.1) is 43.3 Å². The largest absolute Gasteiger partial charge is 2.00 e. The second-order valence-corrected chi connectivity index (χ2v) is 50.9. The van der Waals surface area contributed by atoms with Crippen LogP contribution in [0.1, 0.15) is 220 Å². The minimum Gasteiger partial charge on any atom is -0.875 e. The Morgan fingerprint density at radius 1 is 0.232 bits per heavy atom. The van der Waals surface area contributed by atoms with Crippen LogP contribution in [0.15, 0.2) is 157 Å². The number of hydrogen-bond donors (Lipinski definition) is 6. The van der Waals surface area contributed by atoms with Crippen LogP contribution < -0.4 is 72.8 Å². The topological polar surface area (TPSA) is 393 Å². The van der Waals surface area contributed by atoms with Crippen LogP contribution in [0.4, 0.5) is 0 Å². The summed E-state index contributed by atoms with van der Waals surface area (Å²) in [5, 5.41) is 117. The van der Waals surface area contributed by atoms with E-state index in [1.54, 1.807) is 214 Å². The van der Waals surface area contributed by atoms with Crippen molar-refractivity contribution in [3.8, 4) is 0 Å². The molecular formula is C108H160Cu4N6O16S8. The summed E-state index contributed by atoms with van der Waals surface area (Å²) >= 11 is 15.6. The smallest absolute Gasteiger partial charge is 0.875 e. The average Bonchev–Trinajstić information content (AvgIpc) is 0.849. The van der Waals surface area contributed by atoms with Gasteiger partial charge in [-0.15, -0.1) is 11.5 Å². The molecule has 0 aromatic heterocycles. The summed E-state index contributed by atoms with van der Waals surface area (Å²) < 4.78 is 0. The number of rotatable bonds is 16. The average molecular weight is 2310 g/mol. The van der Waals surface area contributed by atoms with E-state index in [0.717, 1.165) is 48.6 Å². The predicted octanol–water partition coefficient (Wildman–Crippen LogP) is 11.1. The molecule has 7 aliphatic rings. The molecule has 7 saturated heterocycles. The third-order valence-electron chi connectivity index (χ3n) is 19.6. The van der Waals surface area contributed by atoms with Gasteiger partial charge in [-0.05, 0) is 141 Å². The number of hydrogen-bond acceptors (Lipinski definition) is 28. The van der Waals surface area contributed by atoms with E-state index in [1.807, 2.05) is 70.6 Å². The fourth-order valence-electron chi connectivity index (χ4n) is 10.3. The number of carbonyl (C=O) groups is 8. The molecular weight excluding hydrogens is 2150 g/mol. The van der Waals surface area contributed by atoms with Crippen LogP contribution >= 0.6 is 70.6 Å². The summed E-state index contributed by atoms with van der Waals surface area (Å²) in [6.45, 7) is 56.0. The van der Waals surface area contributed by atoms with Crippen molar-refractivity contribution in [2.45, 2.75) is 166 Å². The van der Waals surface area contributed by atoms with Gasteiger partial charge >= 0.3 is 68.3 Å². The fourth-order valence-corrected chi connectivity index (χ4v) is 17.7. The molecule has 0 unspecified atom stereocenters. The monoisotopic (exact) mass is 2300 g/mol. The first kappa shape index (κ1) is 143. The zero-order chi connectivity index (χ0) is 105. The molecule has 2 radical (unpaired) electrons. The molecule has 0 saturated carbocycles. The van der Waals surface area contributed by atoms with Gasteiger partial charge in [-0.2, -0.15) is 70.6 Å². The summed E-state index contributed by atoms with van der Waals surface area (Å²) in [5.74, 6) is 15.7. The van der Waals surface area contributed by atoms with Gasteiger partial charge in [0.15, 0.2) is 46.3 Å². The van der Waals surface area contributed by atoms with Gasteiger partial charge in [-0.1, -0.05) is 274 Å². The summed E-state index contributed by atoms with van der Waals surface area (Å²) in [4.78, 5) is 96.0. The van der Waals surface area contributed by atoms with E-state index < -0.39 is 89.4 Å². The van der Waals surface area contributed by atoms with Gasteiger partial charge < -0.3 is 72.8 Å². The molecule has 142 heavy (non-hydrogen) atoms. The molecule has 0 amide bonds. The molecule has 7 fully saturated rings. The molecule has 4 aromatic carbocycles. The van der Waals surface area contributed by atoms with E-state index in [9.17, 15) is 79.2 Å². The van der Waals surface area contributed by atoms with E-state index in [-0.39, 0.29) is 159 Å².